The van der Waals surface area contributed by atoms with E-state index in [-0.39, 0.29) is 5.57 Å². The molecule has 14 heavy (non-hydrogen) atoms. The van der Waals surface area contributed by atoms with Gasteiger partial charge in [0, 0.05) is 24.3 Å². The van der Waals surface area contributed by atoms with Gasteiger partial charge < -0.3 is 14.7 Å². The Kier molecular flexibility index (Phi) is 3.34. The van der Waals surface area contributed by atoms with Crippen molar-refractivity contribution in [3.8, 4) is 0 Å². The molecule has 0 saturated heterocycles. The number of carbonyl (C=O) groups is 1. The van der Waals surface area contributed by atoms with Crippen molar-refractivity contribution in [1.29, 1.82) is 0 Å². The number of hydrogen-bond acceptors (Lipinski definition) is 3. The summed E-state index contributed by atoms with van der Waals surface area (Å²) in [5.41, 5.74) is 1.18. The molecule has 1 heterocycles. The van der Waals surface area contributed by atoms with Gasteiger partial charge in [-0.25, -0.2) is 4.79 Å². The predicted octanol–water partition coefficient (Wildman–Crippen LogP) is 1.54. The second-order valence-electron chi connectivity index (χ2n) is 3.04. The number of carboxylic acid groups (broad SMARTS) is 1. The molecule has 1 unspecified atom stereocenters. The third-order valence-corrected chi connectivity index (χ3v) is 3.05. The zero-order valence-corrected chi connectivity index (χ0v) is 9.83. The van der Waals surface area contributed by atoms with Gasteiger partial charge in [0.15, 0.2) is 6.23 Å². The second kappa shape index (κ2) is 4.14. The smallest absolute Gasteiger partial charge is 0.336 e. The van der Waals surface area contributed by atoms with Crippen molar-refractivity contribution in [3.05, 3.63) is 21.8 Å². The number of hydrogen-bond donors (Lipinski definition) is 1. The summed E-state index contributed by atoms with van der Waals surface area (Å²) in [6, 6.07) is 0. The van der Waals surface area contributed by atoms with E-state index in [1.165, 1.54) is 7.11 Å². The Balaban J connectivity index is 3.14. The van der Waals surface area contributed by atoms with Crippen molar-refractivity contribution in [2.75, 3.05) is 14.2 Å². The van der Waals surface area contributed by atoms with E-state index < -0.39 is 12.2 Å². The van der Waals surface area contributed by atoms with Gasteiger partial charge in [-0.2, -0.15) is 0 Å². The quantitative estimate of drug-likeness (QED) is 0.820. The first-order chi connectivity index (χ1) is 6.49. The average molecular weight is 262 g/mol. The monoisotopic (exact) mass is 261 g/mol. The van der Waals surface area contributed by atoms with Gasteiger partial charge in [-0.1, -0.05) is 0 Å². The van der Waals surface area contributed by atoms with Crippen LogP contribution in [0, 0.1) is 0 Å². The summed E-state index contributed by atoms with van der Waals surface area (Å²) in [7, 11) is 3.28. The number of rotatable bonds is 2. The van der Waals surface area contributed by atoms with Crippen LogP contribution in [0.2, 0.25) is 0 Å². The van der Waals surface area contributed by atoms with Crippen LogP contribution in [0.1, 0.15) is 6.92 Å². The Morgan fingerprint density at radius 2 is 2.29 bits per heavy atom. The standard InChI is InChI=1S/C9H12BrNO3/c1-5-7(10)4-6(9(12)13)8(14-3)11(5)2/h4,8H,1-3H3,(H,12,13). The fraction of sp³-hybridized carbons (Fsp3) is 0.444. The molecule has 0 aromatic heterocycles. The van der Waals surface area contributed by atoms with Crippen LogP contribution in [0.25, 0.3) is 0 Å². The minimum atomic E-state index is -0.965. The van der Waals surface area contributed by atoms with Crippen molar-refractivity contribution < 1.29 is 14.6 Å². The maximum Gasteiger partial charge on any atom is 0.336 e. The fourth-order valence-corrected chi connectivity index (χ4v) is 1.84. The molecule has 0 bridgehead atoms. The number of aliphatic carboxylic acids is 1. The van der Waals surface area contributed by atoms with E-state index in [1.54, 1.807) is 18.0 Å². The maximum atomic E-state index is 10.9. The largest absolute Gasteiger partial charge is 0.478 e. The van der Waals surface area contributed by atoms with Crippen molar-refractivity contribution in [3.63, 3.8) is 0 Å². The molecule has 0 spiro atoms. The summed E-state index contributed by atoms with van der Waals surface area (Å²) in [5, 5.41) is 8.94. The zero-order chi connectivity index (χ0) is 10.9. The van der Waals surface area contributed by atoms with Crippen molar-refractivity contribution >= 4 is 21.9 Å². The Morgan fingerprint density at radius 1 is 1.71 bits per heavy atom. The first-order valence-electron chi connectivity index (χ1n) is 4.06. The van der Waals surface area contributed by atoms with Gasteiger partial charge in [0.05, 0.1) is 5.57 Å². The predicted molar refractivity (Wildman–Crippen MR) is 55.9 cm³/mol. The molecule has 0 aromatic carbocycles. The van der Waals surface area contributed by atoms with Gasteiger partial charge in [-0.3, -0.25) is 0 Å². The molecule has 5 heteroatoms. The van der Waals surface area contributed by atoms with E-state index >= 15 is 0 Å². The molecule has 1 aliphatic rings. The van der Waals surface area contributed by atoms with E-state index in [0.29, 0.717) is 0 Å². The highest BCUT2D eigenvalue weighted by Crippen LogP contribution is 2.28. The number of allylic oxidation sites excluding steroid dienone is 3. The lowest BCUT2D eigenvalue weighted by Gasteiger charge is -2.33. The highest BCUT2D eigenvalue weighted by molar-refractivity contribution is 9.11. The van der Waals surface area contributed by atoms with Gasteiger partial charge in [-0.05, 0) is 28.9 Å². The number of carboxylic acids is 1. The van der Waals surface area contributed by atoms with E-state index in [1.807, 2.05) is 6.92 Å². The minimum absolute atomic E-state index is 0.229. The van der Waals surface area contributed by atoms with Crippen LogP contribution in [0.4, 0.5) is 0 Å². The zero-order valence-electron chi connectivity index (χ0n) is 8.24. The highest BCUT2D eigenvalue weighted by atomic mass is 79.9. The third-order valence-electron chi connectivity index (χ3n) is 2.24. The lowest BCUT2D eigenvalue weighted by molar-refractivity contribution is -0.135. The molecule has 0 amide bonds. The van der Waals surface area contributed by atoms with E-state index in [0.717, 1.165) is 10.2 Å². The first kappa shape index (κ1) is 11.3. The van der Waals surface area contributed by atoms with E-state index in [9.17, 15) is 4.79 Å². The lowest BCUT2D eigenvalue weighted by atomic mass is 10.1. The SMILES string of the molecule is COC1C(C(=O)O)=CC(Br)=C(C)N1C. The second-order valence-corrected chi connectivity index (χ2v) is 3.89. The number of halogens is 1. The molecule has 0 aromatic rings. The van der Waals surface area contributed by atoms with Gasteiger partial charge in [0.1, 0.15) is 0 Å². The normalized spacial score (nSPS) is 22.4. The number of likely N-dealkylation sites (N-methyl/N-ethyl adjacent to an activating group) is 1. The summed E-state index contributed by atoms with van der Waals surface area (Å²) < 4.78 is 5.89. The molecule has 1 aliphatic heterocycles. The van der Waals surface area contributed by atoms with Crippen LogP contribution in [-0.2, 0) is 9.53 Å². The van der Waals surface area contributed by atoms with Crippen molar-refractivity contribution in [2.24, 2.45) is 0 Å². The highest BCUT2D eigenvalue weighted by Gasteiger charge is 2.29. The Labute approximate surface area is 91.0 Å². The van der Waals surface area contributed by atoms with Gasteiger partial charge in [0.2, 0.25) is 0 Å². The van der Waals surface area contributed by atoms with Crippen LogP contribution in [0.5, 0.6) is 0 Å². The van der Waals surface area contributed by atoms with Crippen LogP contribution in [0.15, 0.2) is 21.8 Å². The van der Waals surface area contributed by atoms with Crippen LogP contribution in [0.3, 0.4) is 0 Å². The molecule has 4 nitrogen and oxygen atoms in total. The Hall–Kier alpha value is -0.810. The maximum absolute atomic E-state index is 10.9. The summed E-state index contributed by atoms with van der Waals surface area (Å²) in [6.07, 6.45) is 1.06. The molecule has 0 saturated carbocycles. The molecule has 0 radical (unpaired) electrons. The van der Waals surface area contributed by atoms with Gasteiger partial charge >= 0.3 is 5.97 Å². The number of nitrogens with zero attached hydrogens (tertiary/aromatic N) is 1. The first-order valence-corrected chi connectivity index (χ1v) is 4.85. The molecule has 78 valence electrons. The average Bonchev–Trinajstić information content (AvgIpc) is 2.13. The van der Waals surface area contributed by atoms with Crippen LogP contribution < -0.4 is 0 Å². The molecular formula is C9H12BrNO3. The number of ether oxygens (including phenoxy) is 1. The molecule has 1 atom stereocenters. The Morgan fingerprint density at radius 3 is 2.71 bits per heavy atom. The van der Waals surface area contributed by atoms with Gasteiger partial charge in [-0.15, -0.1) is 0 Å². The van der Waals surface area contributed by atoms with E-state index in [2.05, 4.69) is 15.9 Å². The van der Waals surface area contributed by atoms with Gasteiger partial charge in [0.25, 0.3) is 0 Å². The topological polar surface area (TPSA) is 49.8 Å². The van der Waals surface area contributed by atoms with Crippen LogP contribution >= 0.6 is 15.9 Å². The molecule has 0 fully saturated rings. The third kappa shape index (κ3) is 1.83. The number of methoxy groups -OCH3 is 1. The summed E-state index contributed by atoms with van der Waals surface area (Å²) in [5.74, 6) is -0.965. The molecule has 0 aliphatic carbocycles. The van der Waals surface area contributed by atoms with Crippen molar-refractivity contribution in [2.45, 2.75) is 13.2 Å². The van der Waals surface area contributed by atoms with E-state index in [4.69, 9.17) is 9.84 Å². The van der Waals surface area contributed by atoms with Crippen molar-refractivity contribution in [1.82, 2.24) is 4.90 Å². The van der Waals surface area contributed by atoms with Crippen LogP contribution in [-0.4, -0.2) is 36.4 Å². The molecular weight excluding hydrogens is 250 g/mol. The summed E-state index contributed by atoms with van der Waals surface area (Å²) in [6.45, 7) is 1.89. The minimum Gasteiger partial charge on any atom is -0.478 e. The summed E-state index contributed by atoms with van der Waals surface area (Å²) >= 11 is 3.30. The Bertz CT molecular complexity index is 322. The molecule has 1 rings (SSSR count). The lowest BCUT2D eigenvalue weighted by Crippen LogP contribution is -2.38. The molecule has 1 N–H and O–H groups in total. The fourth-order valence-electron chi connectivity index (χ4n) is 1.32. The summed E-state index contributed by atoms with van der Waals surface area (Å²) in [4.78, 5) is 12.7.